The van der Waals surface area contributed by atoms with Crippen LogP contribution in [0.4, 0.5) is 0 Å². The Morgan fingerprint density at radius 1 is 0.500 bits per heavy atom. The first-order chi connectivity index (χ1) is 6.00. The maximum atomic E-state index is 2.89. The summed E-state index contributed by atoms with van der Waals surface area (Å²) in [6.45, 7) is 0. The van der Waals surface area contributed by atoms with Crippen molar-refractivity contribution in [3.05, 3.63) is 72.8 Å². The summed E-state index contributed by atoms with van der Waals surface area (Å²) in [4.78, 5) is 0. The SMILES string of the molecule is Cl.[Pd+2].[c-]1ccccc1.[c-]1ccccc1. The molecule has 0 aliphatic heterocycles. The molecule has 0 saturated carbocycles. The molecule has 0 saturated heterocycles. The fourth-order valence-corrected chi connectivity index (χ4v) is 0.684. The van der Waals surface area contributed by atoms with Crippen LogP contribution in [-0.4, -0.2) is 0 Å². The van der Waals surface area contributed by atoms with Gasteiger partial charge in [-0.2, -0.15) is 72.8 Å². The quantitative estimate of drug-likeness (QED) is 0.516. The van der Waals surface area contributed by atoms with Gasteiger partial charge in [0.25, 0.3) is 0 Å². The van der Waals surface area contributed by atoms with Crippen LogP contribution < -0.4 is 0 Å². The fourth-order valence-electron chi connectivity index (χ4n) is 0.684. The van der Waals surface area contributed by atoms with E-state index in [-0.39, 0.29) is 32.8 Å². The third kappa shape index (κ3) is 9.48. The molecule has 76 valence electrons. The molecule has 14 heavy (non-hydrogen) atoms. The molecule has 0 aromatic heterocycles. The van der Waals surface area contributed by atoms with Gasteiger partial charge in [0, 0.05) is 0 Å². The molecule has 0 aliphatic rings. The largest absolute Gasteiger partial charge is 2.00 e. The molecular weight excluding hydrogens is 286 g/mol. The minimum Gasteiger partial charge on any atom is -0.184 e. The van der Waals surface area contributed by atoms with E-state index in [1.54, 1.807) is 0 Å². The Morgan fingerprint density at radius 2 is 0.786 bits per heavy atom. The van der Waals surface area contributed by atoms with Crippen LogP contribution in [0.25, 0.3) is 0 Å². The van der Waals surface area contributed by atoms with Gasteiger partial charge in [0.1, 0.15) is 0 Å². The number of rotatable bonds is 0. The van der Waals surface area contributed by atoms with E-state index in [0.29, 0.717) is 0 Å². The topological polar surface area (TPSA) is 0 Å². The van der Waals surface area contributed by atoms with Crippen LogP contribution in [0.15, 0.2) is 60.7 Å². The molecule has 0 radical (unpaired) electrons. The molecule has 2 heteroatoms. The zero-order valence-corrected chi connectivity index (χ0v) is 9.87. The maximum absolute atomic E-state index is 2.89. The van der Waals surface area contributed by atoms with Gasteiger partial charge in [0.2, 0.25) is 0 Å². The second kappa shape index (κ2) is 12.4. The Hall–Kier alpha value is -0.608. The van der Waals surface area contributed by atoms with Crippen molar-refractivity contribution in [1.82, 2.24) is 0 Å². The summed E-state index contributed by atoms with van der Waals surface area (Å²) in [5.74, 6) is 0. The zero-order chi connectivity index (χ0) is 8.49. The van der Waals surface area contributed by atoms with E-state index in [9.17, 15) is 0 Å². The molecule has 0 spiro atoms. The van der Waals surface area contributed by atoms with E-state index in [0.717, 1.165) is 0 Å². The first-order valence-electron chi connectivity index (χ1n) is 3.82. The predicted molar refractivity (Wildman–Crippen MR) is 57.8 cm³/mol. The van der Waals surface area contributed by atoms with E-state index < -0.39 is 0 Å². The van der Waals surface area contributed by atoms with Crippen molar-refractivity contribution >= 4 is 12.4 Å². The molecule has 0 N–H and O–H groups in total. The average molecular weight is 297 g/mol. The molecule has 0 heterocycles. The van der Waals surface area contributed by atoms with Crippen molar-refractivity contribution in [2.45, 2.75) is 0 Å². The van der Waals surface area contributed by atoms with Gasteiger partial charge in [0.05, 0.1) is 0 Å². The van der Waals surface area contributed by atoms with Crippen molar-refractivity contribution in [1.29, 1.82) is 0 Å². The number of hydrogen-bond donors (Lipinski definition) is 0. The van der Waals surface area contributed by atoms with Crippen molar-refractivity contribution in [3.63, 3.8) is 0 Å². The van der Waals surface area contributed by atoms with Gasteiger partial charge in [-0.15, -0.1) is 12.4 Å². The van der Waals surface area contributed by atoms with E-state index in [1.165, 1.54) is 0 Å². The van der Waals surface area contributed by atoms with E-state index >= 15 is 0 Å². The molecule has 0 unspecified atom stereocenters. The molecule has 0 atom stereocenters. The van der Waals surface area contributed by atoms with Crippen LogP contribution in [-0.2, 0) is 20.4 Å². The molecule has 0 nitrogen and oxygen atoms in total. The van der Waals surface area contributed by atoms with Gasteiger partial charge in [0.15, 0.2) is 0 Å². The Labute approximate surface area is 105 Å². The summed E-state index contributed by atoms with van der Waals surface area (Å²) in [5.41, 5.74) is 0. The molecule has 2 aromatic rings. The number of halogens is 1. The van der Waals surface area contributed by atoms with E-state index in [2.05, 4.69) is 12.1 Å². The summed E-state index contributed by atoms with van der Waals surface area (Å²) < 4.78 is 0. The molecule has 0 fully saturated rings. The number of benzene rings is 2. The van der Waals surface area contributed by atoms with Crippen LogP contribution in [0.1, 0.15) is 0 Å². The number of hydrogen-bond acceptors (Lipinski definition) is 0. The fraction of sp³-hybridized carbons (Fsp3) is 0. The zero-order valence-electron chi connectivity index (χ0n) is 7.50. The summed E-state index contributed by atoms with van der Waals surface area (Å²) in [6.07, 6.45) is 0. The first kappa shape index (κ1) is 15.8. The Balaban J connectivity index is 0. The van der Waals surface area contributed by atoms with Crippen LogP contribution >= 0.6 is 12.4 Å². The minimum atomic E-state index is 0. The summed E-state index contributed by atoms with van der Waals surface area (Å²) in [5, 5.41) is 0. The van der Waals surface area contributed by atoms with Gasteiger partial charge in [-0.3, -0.25) is 0 Å². The third-order valence-corrected chi connectivity index (χ3v) is 1.21. The Kier molecular flexibility index (Phi) is 14.0. The first-order valence-corrected chi connectivity index (χ1v) is 3.82. The summed E-state index contributed by atoms with van der Waals surface area (Å²) in [6, 6.07) is 25.0. The van der Waals surface area contributed by atoms with Crippen molar-refractivity contribution in [2.24, 2.45) is 0 Å². The second-order valence-electron chi connectivity index (χ2n) is 2.15. The molecular formula is C12H11ClPd. The standard InChI is InChI=1S/2C6H5.ClH.Pd/c2*1-2-4-6-5-3-1;;/h2*1-5H;1H;/q2*-1;;+2. The van der Waals surface area contributed by atoms with Gasteiger partial charge < -0.3 is 0 Å². The molecule has 0 aliphatic carbocycles. The van der Waals surface area contributed by atoms with Crippen molar-refractivity contribution in [3.8, 4) is 0 Å². The van der Waals surface area contributed by atoms with Gasteiger partial charge in [-0.25, -0.2) is 0 Å². The van der Waals surface area contributed by atoms with Gasteiger partial charge in [-0.1, -0.05) is 0 Å². The molecule has 2 aromatic carbocycles. The molecule has 2 rings (SSSR count). The normalized spacial score (nSPS) is 6.86. The monoisotopic (exact) mass is 296 g/mol. The summed E-state index contributed by atoms with van der Waals surface area (Å²) in [7, 11) is 0. The van der Waals surface area contributed by atoms with Crippen LogP contribution in [0.2, 0.25) is 0 Å². The Morgan fingerprint density at radius 3 is 0.857 bits per heavy atom. The third-order valence-electron chi connectivity index (χ3n) is 1.21. The molecule has 0 bridgehead atoms. The van der Waals surface area contributed by atoms with Crippen molar-refractivity contribution in [2.75, 3.05) is 0 Å². The van der Waals surface area contributed by atoms with Crippen LogP contribution in [0.5, 0.6) is 0 Å². The predicted octanol–water partition coefficient (Wildman–Crippen LogP) is 3.39. The minimum absolute atomic E-state index is 0. The van der Waals surface area contributed by atoms with E-state index in [1.807, 2.05) is 60.7 Å². The van der Waals surface area contributed by atoms with Gasteiger partial charge in [-0.05, 0) is 0 Å². The van der Waals surface area contributed by atoms with Gasteiger partial charge >= 0.3 is 20.4 Å². The maximum Gasteiger partial charge on any atom is 2.00 e. The smallest absolute Gasteiger partial charge is 0.184 e. The van der Waals surface area contributed by atoms with E-state index in [4.69, 9.17) is 0 Å². The summed E-state index contributed by atoms with van der Waals surface area (Å²) >= 11 is 0. The average Bonchev–Trinajstić information content (AvgIpc) is 2.24. The Bertz CT molecular complexity index is 186. The van der Waals surface area contributed by atoms with Crippen LogP contribution in [0.3, 0.4) is 0 Å². The van der Waals surface area contributed by atoms with Crippen LogP contribution in [0, 0.1) is 12.1 Å². The molecule has 0 amide bonds. The second-order valence-corrected chi connectivity index (χ2v) is 2.15. The van der Waals surface area contributed by atoms with Crippen molar-refractivity contribution < 1.29 is 20.4 Å².